The Kier molecular flexibility index (Phi) is 4.45. The maximum absolute atomic E-state index is 6.02. The Hall–Kier alpha value is -1.25. The monoisotopic (exact) mass is 262 g/mol. The minimum atomic E-state index is 0.240. The topological polar surface area (TPSA) is 30.9 Å². The van der Waals surface area contributed by atoms with E-state index in [0.717, 1.165) is 24.4 Å². The highest BCUT2D eigenvalue weighted by molar-refractivity contribution is 6.30. The molecule has 0 aliphatic heterocycles. The second kappa shape index (κ2) is 6.07. The molecule has 2 rings (SSSR count). The molecule has 3 heteroatoms. The smallest absolute Gasteiger partial charge is 0.0472 e. The van der Waals surface area contributed by atoms with Crippen LogP contribution in [0.2, 0.25) is 5.02 Å². The molecular weight excluding hydrogens is 244 g/mol. The van der Waals surface area contributed by atoms with Crippen LogP contribution in [0.25, 0.3) is 0 Å². The summed E-state index contributed by atoms with van der Waals surface area (Å²) in [6.45, 7) is 2.99. The van der Waals surface area contributed by atoms with E-state index in [1.165, 1.54) is 11.3 Å². The van der Waals surface area contributed by atoms with Gasteiger partial charge in [-0.25, -0.2) is 0 Å². The molecule has 18 heavy (non-hydrogen) atoms. The number of rotatable bonds is 5. The van der Waals surface area contributed by atoms with Crippen molar-refractivity contribution in [1.29, 1.82) is 0 Å². The molecule has 1 atom stereocenters. The number of benzene rings is 1. The van der Waals surface area contributed by atoms with Gasteiger partial charge in [-0.05, 0) is 36.2 Å². The Morgan fingerprint density at radius 1 is 1.22 bits per heavy atom. The second-order valence-electron chi connectivity index (χ2n) is 4.63. The molecule has 0 saturated heterocycles. The van der Waals surface area contributed by atoms with Crippen molar-refractivity contribution >= 4 is 11.6 Å². The van der Waals surface area contributed by atoms with Crippen molar-refractivity contribution in [3.05, 3.63) is 58.9 Å². The van der Waals surface area contributed by atoms with Gasteiger partial charge >= 0.3 is 0 Å². The number of aromatic nitrogens is 1. The first-order chi connectivity index (χ1) is 8.69. The molecule has 0 fully saturated rings. The SMILES string of the molecule is CCC(N)Cc1cccn1Cc1ccc(Cl)cc1. The Labute approximate surface area is 113 Å². The first-order valence-electron chi connectivity index (χ1n) is 6.33. The van der Waals surface area contributed by atoms with E-state index in [0.29, 0.717) is 0 Å². The van der Waals surface area contributed by atoms with E-state index in [-0.39, 0.29) is 6.04 Å². The summed E-state index contributed by atoms with van der Waals surface area (Å²) in [4.78, 5) is 0. The second-order valence-corrected chi connectivity index (χ2v) is 5.06. The van der Waals surface area contributed by atoms with Crippen molar-refractivity contribution in [2.75, 3.05) is 0 Å². The van der Waals surface area contributed by atoms with Crippen molar-refractivity contribution in [3.8, 4) is 0 Å². The van der Waals surface area contributed by atoms with Crippen molar-refractivity contribution in [2.45, 2.75) is 32.4 Å². The zero-order valence-corrected chi connectivity index (χ0v) is 11.4. The van der Waals surface area contributed by atoms with Crippen molar-refractivity contribution in [3.63, 3.8) is 0 Å². The van der Waals surface area contributed by atoms with Gasteiger partial charge in [-0.3, -0.25) is 0 Å². The van der Waals surface area contributed by atoms with E-state index in [1.807, 2.05) is 12.1 Å². The molecule has 1 aromatic carbocycles. The fraction of sp³-hybridized carbons (Fsp3) is 0.333. The highest BCUT2D eigenvalue weighted by Crippen LogP contribution is 2.13. The van der Waals surface area contributed by atoms with Crippen molar-refractivity contribution in [1.82, 2.24) is 4.57 Å². The molecule has 0 spiro atoms. The zero-order valence-electron chi connectivity index (χ0n) is 10.6. The van der Waals surface area contributed by atoms with Crippen molar-refractivity contribution in [2.24, 2.45) is 5.73 Å². The number of hydrogen-bond donors (Lipinski definition) is 1. The van der Waals surface area contributed by atoms with Gasteiger partial charge in [0, 0.05) is 35.9 Å². The Morgan fingerprint density at radius 2 is 1.94 bits per heavy atom. The first kappa shape index (κ1) is 13.2. The molecular formula is C15H19ClN2. The van der Waals surface area contributed by atoms with E-state index in [9.17, 15) is 0 Å². The molecule has 2 N–H and O–H groups in total. The van der Waals surface area contributed by atoms with Crippen LogP contribution in [0.15, 0.2) is 42.6 Å². The number of hydrogen-bond acceptors (Lipinski definition) is 1. The summed E-state index contributed by atoms with van der Waals surface area (Å²) in [7, 11) is 0. The lowest BCUT2D eigenvalue weighted by Gasteiger charge is -2.13. The molecule has 0 radical (unpaired) electrons. The highest BCUT2D eigenvalue weighted by atomic mass is 35.5. The van der Waals surface area contributed by atoms with E-state index >= 15 is 0 Å². The molecule has 96 valence electrons. The van der Waals surface area contributed by atoms with Crippen LogP contribution in [-0.2, 0) is 13.0 Å². The molecule has 0 bridgehead atoms. The van der Waals surface area contributed by atoms with Crippen LogP contribution < -0.4 is 5.73 Å². The third-order valence-electron chi connectivity index (χ3n) is 3.19. The van der Waals surface area contributed by atoms with Crippen LogP contribution >= 0.6 is 11.6 Å². The largest absolute Gasteiger partial charge is 0.347 e. The third-order valence-corrected chi connectivity index (χ3v) is 3.44. The quantitative estimate of drug-likeness (QED) is 0.879. The van der Waals surface area contributed by atoms with Gasteiger partial charge in [0.2, 0.25) is 0 Å². The van der Waals surface area contributed by atoms with Crippen LogP contribution in [0.4, 0.5) is 0 Å². The van der Waals surface area contributed by atoms with E-state index in [4.69, 9.17) is 17.3 Å². The van der Waals surface area contributed by atoms with Gasteiger partial charge in [-0.1, -0.05) is 30.7 Å². The van der Waals surface area contributed by atoms with Crippen LogP contribution in [0, 0.1) is 0 Å². The lowest BCUT2D eigenvalue weighted by molar-refractivity contribution is 0.610. The average Bonchev–Trinajstić information content (AvgIpc) is 2.79. The fourth-order valence-electron chi connectivity index (χ4n) is 1.99. The zero-order chi connectivity index (χ0) is 13.0. The summed E-state index contributed by atoms with van der Waals surface area (Å²) in [6.07, 6.45) is 4.04. The molecule has 0 aliphatic carbocycles. The molecule has 0 saturated carbocycles. The summed E-state index contributed by atoms with van der Waals surface area (Å²) in [5.41, 5.74) is 8.56. The molecule has 1 unspecified atom stereocenters. The molecule has 2 aromatic rings. The number of nitrogens with zero attached hydrogens (tertiary/aromatic N) is 1. The van der Waals surface area contributed by atoms with Gasteiger partial charge in [0.05, 0.1) is 0 Å². The predicted octanol–water partition coefficient (Wildman–Crippen LogP) is 3.47. The maximum atomic E-state index is 6.02. The van der Waals surface area contributed by atoms with Gasteiger partial charge in [-0.2, -0.15) is 0 Å². The normalized spacial score (nSPS) is 12.6. The summed E-state index contributed by atoms with van der Waals surface area (Å²) < 4.78 is 2.25. The van der Waals surface area contributed by atoms with Gasteiger partial charge in [0.25, 0.3) is 0 Å². The van der Waals surface area contributed by atoms with Gasteiger partial charge in [0.1, 0.15) is 0 Å². The standard InChI is InChI=1S/C15H19ClN2/c1-2-14(17)10-15-4-3-9-18(15)11-12-5-7-13(16)8-6-12/h3-9,14H,2,10-11,17H2,1H3. The summed E-state index contributed by atoms with van der Waals surface area (Å²) in [6, 6.07) is 12.4. The summed E-state index contributed by atoms with van der Waals surface area (Å²) >= 11 is 5.89. The Bertz CT molecular complexity index is 487. The van der Waals surface area contributed by atoms with Gasteiger partial charge in [-0.15, -0.1) is 0 Å². The number of nitrogens with two attached hydrogens (primary N) is 1. The Balaban J connectivity index is 2.09. The van der Waals surface area contributed by atoms with E-state index in [2.05, 4.69) is 42.0 Å². The number of halogens is 1. The molecule has 2 nitrogen and oxygen atoms in total. The fourth-order valence-corrected chi connectivity index (χ4v) is 2.11. The van der Waals surface area contributed by atoms with Gasteiger partial charge in [0.15, 0.2) is 0 Å². The highest BCUT2D eigenvalue weighted by Gasteiger charge is 2.06. The summed E-state index contributed by atoms with van der Waals surface area (Å²) in [5, 5.41) is 0.777. The van der Waals surface area contributed by atoms with Crippen LogP contribution in [0.1, 0.15) is 24.6 Å². The lowest BCUT2D eigenvalue weighted by atomic mass is 10.1. The van der Waals surface area contributed by atoms with Gasteiger partial charge < -0.3 is 10.3 Å². The van der Waals surface area contributed by atoms with Crippen LogP contribution in [0.5, 0.6) is 0 Å². The minimum absolute atomic E-state index is 0.240. The molecule has 0 aliphatic rings. The molecule has 1 aromatic heterocycles. The molecule has 0 amide bonds. The van der Waals surface area contributed by atoms with Crippen molar-refractivity contribution < 1.29 is 0 Å². The van der Waals surface area contributed by atoms with Crippen LogP contribution in [-0.4, -0.2) is 10.6 Å². The maximum Gasteiger partial charge on any atom is 0.0472 e. The van der Waals surface area contributed by atoms with E-state index < -0.39 is 0 Å². The third kappa shape index (κ3) is 3.37. The first-order valence-corrected chi connectivity index (χ1v) is 6.71. The minimum Gasteiger partial charge on any atom is -0.347 e. The molecule has 1 heterocycles. The lowest BCUT2D eigenvalue weighted by Crippen LogP contribution is -2.23. The Morgan fingerprint density at radius 3 is 2.61 bits per heavy atom. The summed E-state index contributed by atoms with van der Waals surface area (Å²) in [5.74, 6) is 0. The average molecular weight is 263 g/mol. The predicted molar refractivity (Wildman–Crippen MR) is 77.0 cm³/mol. The van der Waals surface area contributed by atoms with E-state index in [1.54, 1.807) is 0 Å². The van der Waals surface area contributed by atoms with Crippen LogP contribution in [0.3, 0.4) is 0 Å².